The summed E-state index contributed by atoms with van der Waals surface area (Å²) in [5.41, 5.74) is 1.53. The number of fused-ring (bicyclic) bond motifs is 1. The van der Waals surface area contributed by atoms with E-state index in [0.29, 0.717) is 21.8 Å². The molecule has 0 saturated heterocycles. The molecule has 0 saturated carbocycles. The summed E-state index contributed by atoms with van der Waals surface area (Å²) in [4.78, 5) is 24.7. The molecule has 0 spiro atoms. The minimum atomic E-state index is -0.749. The summed E-state index contributed by atoms with van der Waals surface area (Å²) >= 11 is 7.35. The molecule has 1 heterocycles. The van der Waals surface area contributed by atoms with Gasteiger partial charge in [0.2, 0.25) is 5.91 Å². The molecule has 28 heavy (non-hydrogen) atoms. The molecule has 8 heteroatoms. The van der Waals surface area contributed by atoms with E-state index in [9.17, 15) is 9.59 Å². The van der Waals surface area contributed by atoms with E-state index in [1.165, 1.54) is 24.9 Å². The fraction of sp³-hybridized carbons (Fsp3) is 0.300. The van der Waals surface area contributed by atoms with E-state index in [1.807, 2.05) is 0 Å². The molecule has 0 bridgehead atoms. The predicted molar refractivity (Wildman–Crippen MR) is 108 cm³/mol. The number of hydrogen-bond donors (Lipinski definition) is 1. The smallest absolute Gasteiger partial charge is 0.307 e. The zero-order chi connectivity index (χ0) is 20.3. The largest absolute Gasteiger partial charge is 0.494 e. The number of nitrogens with one attached hydrogen (secondary N) is 1. The van der Waals surface area contributed by atoms with Gasteiger partial charge in [-0.25, -0.2) is 4.39 Å². The van der Waals surface area contributed by atoms with Gasteiger partial charge in [0, 0.05) is 16.3 Å². The quantitative estimate of drug-likeness (QED) is 0.713. The molecule has 0 aliphatic carbocycles. The third-order valence-electron chi connectivity index (χ3n) is 4.30. The number of hydrogen-bond acceptors (Lipinski definition) is 5. The number of carbonyl (C=O) groups is 2. The number of halogens is 2. The summed E-state index contributed by atoms with van der Waals surface area (Å²) in [5, 5.41) is 1.96. The van der Waals surface area contributed by atoms with Crippen LogP contribution in [0, 0.1) is 5.82 Å². The molecule has 1 N–H and O–H groups in total. The van der Waals surface area contributed by atoms with Gasteiger partial charge in [0.1, 0.15) is 0 Å². The van der Waals surface area contributed by atoms with Crippen LogP contribution in [0.1, 0.15) is 29.7 Å². The summed E-state index contributed by atoms with van der Waals surface area (Å²) in [6.07, 6.45) is -0.117. The third kappa shape index (κ3) is 4.25. The molecule has 1 amide bonds. The van der Waals surface area contributed by atoms with E-state index in [-0.39, 0.29) is 24.7 Å². The van der Waals surface area contributed by atoms with Crippen LogP contribution in [0.15, 0.2) is 36.4 Å². The van der Waals surface area contributed by atoms with E-state index in [1.54, 1.807) is 37.3 Å². The van der Waals surface area contributed by atoms with Crippen molar-refractivity contribution in [2.45, 2.75) is 23.8 Å². The zero-order valence-corrected chi connectivity index (χ0v) is 16.9. The van der Waals surface area contributed by atoms with Crippen LogP contribution in [0.3, 0.4) is 0 Å². The number of carbonyl (C=O) groups excluding carboxylic acids is 2. The van der Waals surface area contributed by atoms with E-state index < -0.39 is 22.3 Å². The van der Waals surface area contributed by atoms with E-state index in [2.05, 4.69) is 5.32 Å². The van der Waals surface area contributed by atoms with Crippen LogP contribution in [-0.2, 0) is 14.3 Å². The van der Waals surface area contributed by atoms with E-state index in [0.717, 1.165) is 0 Å². The lowest BCUT2D eigenvalue weighted by Gasteiger charge is -2.21. The second-order valence-electron chi connectivity index (χ2n) is 6.10. The third-order valence-corrected chi connectivity index (χ3v) is 6.02. The highest BCUT2D eigenvalue weighted by Gasteiger charge is 2.35. The predicted octanol–water partition coefficient (Wildman–Crippen LogP) is 4.58. The van der Waals surface area contributed by atoms with Gasteiger partial charge in [0.25, 0.3) is 0 Å². The van der Waals surface area contributed by atoms with Crippen LogP contribution < -0.4 is 10.1 Å². The number of methoxy groups -OCH3 is 1. The molecular formula is C20H19ClFNO4S. The van der Waals surface area contributed by atoms with Crippen LogP contribution in [0.4, 0.5) is 10.1 Å². The lowest BCUT2D eigenvalue weighted by Crippen LogP contribution is -2.27. The van der Waals surface area contributed by atoms with Gasteiger partial charge < -0.3 is 14.8 Å². The van der Waals surface area contributed by atoms with Gasteiger partial charge in [-0.2, -0.15) is 0 Å². The summed E-state index contributed by atoms with van der Waals surface area (Å²) in [6, 6.07) is 9.86. The van der Waals surface area contributed by atoms with Gasteiger partial charge in [-0.05, 0) is 36.8 Å². The normalized spacial score (nSPS) is 18.6. The Hall–Kier alpha value is -2.25. The average molecular weight is 424 g/mol. The molecule has 1 aliphatic rings. The van der Waals surface area contributed by atoms with Crippen molar-refractivity contribution >= 4 is 40.9 Å². The summed E-state index contributed by atoms with van der Waals surface area (Å²) in [7, 11) is 1.39. The molecule has 5 nitrogen and oxygen atoms in total. The topological polar surface area (TPSA) is 64.6 Å². The summed E-state index contributed by atoms with van der Waals surface area (Å²) in [5.74, 6) is -1.23. The van der Waals surface area contributed by atoms with Gasteiger partial charge in [-0.1, -0.05) is 23.7 Å². The Morgan fingerprint density at radius 2 is 2.07 bits per heavy atom. The van der Waals surface area contributed by atoms with Crippen molar-refractivity contribution in [3.63, 3.8) is 0 Å². The van der Waals surface area contributed by atoms with E-state index >= 15 is 4.39 Å². The molecule has 148 valence electrons. The van der Waals surface area contributed by atoms with Crippen molar-refractivity contribution in [1.29, 1.82) is 0 Å². The number of anilines is 1. The SMILES string of the molecule is CCOC(=O)C[C@@H]1S[C@@H](c2cccc(OC)c2F)c2cc(Cl)ccc2NC1=O. The van der Waals surface area contributed by atoms with E-state index in [4.69, 9.17) is 21.1 Å². The molecular weight excluding hydrogens is 405 g/mol. The van der Waals surface area contributed by atoms with Crippen LogP contribution >= 0.6 is 23.4 Å². The van der Waals surface area contributed by atoms with Crippen molar-refractivity contribution < 1.29 is 23.5 Å². The van der Waals surface area contributed by atoms with Crippen molar-refractivity contribution in [1.82, 2.24) is 0 Å². The van der Waals surface area contributed by atoms with Gasteiger partial charge in [-0.3, -0.25) is 9.59 Å². The Kier molecular flexibility index (Phi) is 6.46. The Balaban J connectivity index is 2.08. The highest BCUT2D eigenvalue weighted by molar-refractivity contribution is 8.01. The second-order valence-corrected chi connectivity index (χ2v) is 7.85. The van der Waals surface area contributed by atoms with Crippen LogP contribution in [0.2, 0.25) is 5.02 Å². The molecule has 0 radical (unpaired) electrons. The summed E-state index contributed by atoms with van der Waals surface area (Å²) in [6.45, 7) is 1.92. The first-order valence-corrected chi connectivity index (χ1v) is 10.0. The van der Waals surface area contributed by atoms with Gasteiger partial charge in [0.15, 0.2) is 11.6 Å². The first kappa shape index (κ1) is 20.5. The Bertz CT molecular complexity index is 908. The van der Waals surface area contributed by atoms with Crippen LogP contribution in [-0.4, -0.2) is 30.8 Å². The fourth-order valence-electron chi connectivity index (χ4n) is 3.02. The number of esters is 1. The monoisotopic (exact) mass is 423 g/mol. The highest BCUT2D eigenvalue weighted by atomic mass is 35.5. The number of thioether (sulfide) groups is 1. The Morgan fingerprint density at radius 1 is 1.29 bits per heavy atom. The maximum atomic E-state index is 15.0. The zero-order valence-electron chi connectivity index (χ0n) is 15.3. The molecule has 2 aromatic rings. The first-order valence-electron chi connectivity index (χ1n) is 8.68. The first-order chi connectivity index (χ1) is 13.4. The number of rotatable bonds is 5. The standard InChI is InChI=1S/C20H19ClFNO4S/c1-3-27-17(24)10-16-20(25)23-14-8-7-11(21)9-13(14)19(28-16)12-5-4-6-15(26-2)18(12)22/h4-9,16,19H,3,10H2,1-2H3,(H,23,25)/t16-,19-/m0/s1. The number of benzene rings is 2. The lowest BCUT2D eigenvalue weighted by atomic mass is 10.0. The lowest BCUT2D eigenvalue weighted by molar-refractivity contribution is -0.143. The molecule has 0 fully saturated rings. The number of ether oxygens (including phenoxy) is 2. The maximum Gasteiger partial charge on any atom is 0.307 e. The Labute approximate surface area is 171 Å². The van der Waals surface area contributed by atoms with Gasteiger partial charge in [0.05, 0.1) is 30.6 Å². The fourth-order valence-corrected chi connectivity index (χ4v) is 4.61. The number of amides is 1. The van der Waals surface area contributed by atoms with Gasteiger partial charge in [-0.15, -0.1) is 11.8 Å². The Morgan fingerprint density at radius 3 is 2.79 bits per heavy atom. The molecule has 0 aromatic heterocycles. The van der Waals surface area contributed by atoms with Crippen LogP contribution in [0.5, 0.6) is 5.75 Å². The van der Waals surface area contributed by atoms with Crippen molar-refractivity contribution in [3.8, 4) is 5.75 Å². The minimum absolute atomic E-state index is 0.104. The minimum Gasteiger partial charge on any atom is -0.494 e. The highest BCUT2D eigenvalue weighted by Crippen LogP contribution is 2.47. The van der Waals surface area contributed by atoms with Crippen molar-refractivity contribution in [2.24, 2.45) is 0 Å². The molecule has 0 unspecified atom stereocenters. The second kappa shape index (κ2) is 8.84. The van der Waals surface area contributed by atoms with Gasteiger partial charge >= 0.3 is 5.97 Å². The summed E-state index contributed by atoms with van der Waals surface area (Å²) < 4.78 is 25.1. The molecule has 3 rings (SSSR count). The van der Waals surface area contributed by atoms with Crippen LogP contribution in [0.25, 0.3) is 0 Å². The average Bonchev–Trinajstić information content (AvgIpc) is 2.79. The maximum absolute atomic E-state index is 15.0. The van der Waals surface area contributed by atoms with Crippen molar-refractivity contribution in [3.05, 3.63) is 58.4 Å². The molecule has 2 aromatic carbocycles. The molecule has 1 aliphatic heterocycles. The molecule has 2 atom stereocenters. The van der Waals surface area contributed by atoms with Crippen molar-refractivity contribution in [2.75, 3.05) is 19.0 Å².